The molecule has 0 saturated carbocycles. The van der Waals surface area contributed by atoms with Crippen LogP contribution in [-0.2, 0) is 9.31 Å². The van der Waals surface area contributed by atoms with E-state index < -0.39 is 24.1 Å². The fraction of sp³-hybridized carbons (Fsp3) is 0.538. The molecule has 0 amide bonds. The zero-order valence-corrected chi connectivity index (χ0v) is 11.9. The number of anilines is 1. The van der Waals surface area contributed by atoms with Gasteiger partial charge in [0, 0.05) is 0 Å². The third kappa shape index (κ3) is 2.19. The Labute approximate surface area is 113 Å². The molecular formula is C13H19BFNO3. The minimum atomic E-state index is -0.830. The highest BCUT2D eigenvalue weighted by Gasteiger charge is 2.53. The maximum absolute atomic E-state index is 14.1. The molecule has 1 aliphatic rings. The van der Waals surface area contributed by atoms with Gasteiger partial charge in [-0.05, 0) is 39.8 Å². The van der Waals surface area contributed by atoms with E-state index in [1.54, 1.807) is 0 Å². The Morgan fingerprint density at radius 1 is 1.16 bits per heavy atom. The summed E-state index contributed by atoms with van der Waals surface area (Å²) >= 11 is 0. The van der Waals surface area contributed by atoms with E-state index in [0.717, 1.165) is 0 Å². The van der Waals surface area contributed by atoms with Crippen molar-refractivity contribution in [3.05, 3.63) is 17.9 Å². The number of hydrogen-bond acceptors (Lipinski definition) is 4. The summed E-state index contributed by atoms with van der Waals surface area (Å²) in [6.45, 7) is 7.63. The van der Waals surface area contributed by atoms with Gasteiger partial charge in [-0.3, -0.25) is 0 Å². The van der Waals surface area contributed by atoms with Crippen molar-refractivity contribution < 1.29 is 18.4 Å². The molecule has 1 saturated heterocycles. The largest absolute Gasteiger partial charge is 0.501 e. The van der Waals surface area contributed by atoms with Gasteiger partial charge in [-0.1, -0.05) is 0 Å². The third-order valence-electron chi connectivity index (χ3n) is 3.87. The molecular weight excluding hydrogens is 248 g/mol. The molecule has 0 bridgehead atoms. The summed E-state index contributed by atoms with van der Waals surface area (Å²) in [5.74, 6) is -0.192. The molecule has 1 fully saturated rings. The summed E-state index contributed by atoms with van der Waals surface area (Å²) < 4.78 is 30.9. The molecule has 1 aliphatic heterocycles. The number of rotatable bonds is 2. The number of benzene rings is 1. The van der Waals surface area contributed by atoms with Crippen LogP contribution in [-0.4, -0.2) is 25.4 Å². The number of hydrogen-bond donors (Lipinski definition) is 1. The fourth-order valence-electron chi connectivity index (χ4n) is 2.00. The summed E-state index contributed by atoms with van der Waals surface area (Å²) in [6, 6.07) is 2.75. The van der Waals surface area contributed by atoms with Gasteiger partial charge >= 0.3 is 7.12 Å². The quantitative estimate of drug-likeness (QED) is 0.654. The van der Waals surface area contributed by atoms with Crippen LogP contribution < -0.4 is 15.9 Å². The van der Waals surface area contributed by atoms with Crippen LogP contribution in [0.5, 0.6) is 5.75 Å². The maximum atomic E-state index is 14.1. The Balaban J connectivity index is 2.48. The average molecular weight is 267 g/mol. The standard InChI is InChI=1S/C13H19BFNO3/c1-12(2)13(3,4)19-14(18-12)10-8(15)6-7-9(16)11(10)17-5/h6-7H,16H2,1-5H3. The number of nitrogen functional groups attached to an aromatic ring is 1. The lowest BCUT2D eigenvalue weighted by atomic mass is 9.77. The minimum absolute atomic E-state index is 0.209. The summed E-state index contributed by atoms with van der Waals surface area (Å²) in [5.41, 5.74) is 5.28. The van der Waals surface area contributed by atoms with Crippen LogP contribution >= 0.6 is 0 Å². The molecule has 6 heteroatoms. The monoisotopic (exact) mass is 267 g/mol. The first-order valence-corrected chi connectivity index (χ1v) is 6.17. The molecule has 104 valence electrons. The lowest BCUT2D eigenvalue weighted by molar-refractivity contribution is 0.00578. The molecule has 1 aromatic carbocycles. The zero-order valence-electron chi connectivity index (χ0n) is 11.9. The summed E-state index contributed by atoms with van der Waals surface area (Å²) in [6.07, 6.45) is 0. The van der Waals surface area contributed by atoms with E-state index in [9.17, 15) is 4.39 Å². The Morgan fingerprint density at radius 2 is 1.68 bits per heavy atom. The number of methoxy groups -OCH3 is 1. The summed E-state index contributed by atoms with van der Waals surface area (Å²) in [7, 11) is 0.614. The Bertz CT molecular complexity index is 489. The third-order valence-corrected chi connectivity index (χ3v) is 3.87. The first-order valence-electron chi connectivity index (χ1n) is 6.17. The van der Waals surface area contributed by atoms with Crippen molar-refractivity contribution in [1.29, 1.82) is 0 Å². The second kappa shape index (κ2) is 4.39. The van der Waals surface area contributed by atoms with E-state index in [1.165, 1.54) is 19.2 Å². The molecule has 0 aliphatic carbocycles. The molecule has 1 aromatic rings. The van der Waals surface area contributed by atoms with E-state index in [0.29, 0.717) is 5.69 Å². The molecule has 19 heavy (non-hydrogen) atoms. The van der Waals surface area contributed by atoms with Crippen LogP contribution in [0.25, 0.3) is 0 Å². The number of halogens is 1. The van der Waals surface area contributed by atoms with Crippen LogP contribution in [0.1, 0.15) is 27.7 Å². The zero-order chi connectivity index (χ0) is 14.4. The van der Waals surface area contributed by atoms with Crippen molar-refractivity contribution in [3.63, 3.8) is 0 Å². The first-order chi connectivity index (χ1) is 8.69. The molecule has 0 unspecified atom stereocenters. The second-order valence-corrected chi connectivity index (χ2v) is 5.67. The highest BCUT2D eigenvalue weighted by Crippen LogP contribution is 2.38. The van der Waals surface area contributed by atoms with Gasteiger partial charge in [-0.25, -0.2) is 4.39 Å². The minimum Gasteiger partial charge on any atom is -0.495 e. The number of nitrogens with two attached hydrogens (primary N) is 1. The lowest BCUT2D eigenvalue weighted by Gasteiger charge is -2.32. The molecule has 4 nitrogen and oxygen atoms in total. The van der Waals surface area contributed by atoms with Crippen molar-refractivity contribution in [2.24, 2.45) is 0 Å². The average Bonchev–Trinajstić information content (AvgIpc) is 2.50. The van der Waals surface area contributed by atoms with Crippen molar-refractivity contribution in [2.45, 2.75) is 38.9 Å². The smallest absolute Gasteiger partial charge is 0.495 e. The predicted octanol–water partition coefficient (Wildman–Crippen LogP) is 1.72. The maximum Gasteiger partial charge on any atom is 0.501 e. The van der Waals surface area contributed by atoms with Gasteiger partial charge in [0.05, 0.1) is 29.5 Å². The van der Waals surface area contributed by atoms with Gasteiger partial charge in [0.15, 0.2) is 0 Å². The van der Waals surface area contributed by atoms with Crippen LogP contribution in [0.3, 0.4) is 0 Å². The van der Waals surface area contributed by atoms with E-state index in [2.05, 4.69) is 0 Å². The summed E-state index contributed by atoms with van der Waals surface area (Å²) in [4.78, 5) is 0. The Hall–Kier alpha value is -1.27. The van der Waals surface area contributed by atoms with Gasteiger partial charge in [0.25, 0.3) is 0 Å². The van der Waals surface area contributed by atoms with Crippen LogP contribution in [0.2, 0.25) is 0 Å². The summed E-state index contributed by atoms with van der Waals surface area (Å²) in [5, 5.41) is 0. The van der Waals surface area contributed by atoms with Gasteiger partial charge in [0.2, 0.25) is 0 Å². The fourth-order valence-corrected chi connectivity index (χ4v) is 2.00. The predicted molar refractivity (Wildman–Crippen MR) is 73.1 cm³/mol. The molecule has 0 aromatic heterocycles. The topological polar surface area (TPSA) is 53.7 Å². The van der Waals surface area contributed by atoms with Crippen LogP contribution in [0.4, 0.5) is 10.1 Å². The number of ether oxygens (including phenoxy) is 1. The SMILES string of the molecule is COc1c(N)ccc(F)c1B1OC(C)(C)C(C)(C)O1. The van der Waals surface area contributed by atoms with Crippen molar-refractivity contribution in [1.82, 2.24) is 0 Å². The van der Waals surface area contributed by atoms with Crippen molar-refractivity contribution in [2.75, 3.05) is 12.8 Å². The molecule has 0 atom stereocenters. The van der Waals surface area contributed by atoms with Gasteiger partial charge < -0.3 is 19.8 Å². The van der Waals surface area contributed by atoms with Crippen LogP contribution in [0.15, 0.2) is 12.1 Å². The lowest BCUT2D eigenvalue weighted by Crippen LogP contribution is -2.41. The Kier molecular flexibility index (Phi) is 3.27. The van der Waals surface area contributed by atoms with Gasteiger partial charge in [0.1, 0.15) is 11.6 Å². The van der Waals surface area contributed by atoms with Crippen molar-refractivity contribution in [3.8, 4) is 5.75 Å². The molecule has 0 radical (unpaired) electrons. The highest BCUT2D eigenvalue weighted by atomic mass is 19.1. The van der Waals surface area contributed by atoms with E-state index in [1.807, 2.05) is 27.7 Å². The van der Waals surface area contributed by atoms with Gasteiger partial charge in [-0.15, -0.1) is 0 Å². The molecule has 2 rings (SSSR count). The van der Waals surface area contributed by atoms with Crippen LogP contribution in [0, 0.1) is 5.82 Å². The van der Waals surface area contributed by atoms with E-state index in [-0.39, 0.29) is 11.2 Å². The molecule has 1 heterocycles. The highest BCUT2D eigenvalue weighted by molar-refractivity contribution is 6.63. The van der Waals surface area contributed by atoms with E-state index >= 15 is 0 Å². The molecule has 0 spiro atoms. The molecule has 2 N–H and O–H groups in total. The Morgan fingerprint density at radius 3 is 2.16 bits per heavy atom. The first kappa shape index (κ1) is 14.2. The van der Waals surface area contributed by atoms with Gasteiger partial charge in [-0.2, -0.15) is 0 Å². The second-order valence-electron chi connectivity index (χ2n) is 5.67. The van der Waals surface area contributed by atoms with Crippen molar-refractivity contribution >= 4 is 18.3 Å². The van der Waals surface area contributed by atoms with E-state index in [4.69, 9.17) is 19.8 Å². The normalized spacial score (nSPS) is 20.6.